The largest absolute Gasteiger partial charge is 0.395 e. The Morgan fingerprint density at radius 1 is 1.53 bits per heavy atom. The number of nitrogens with two attached hydrogens (primary N) is 1. The quantitative estimate of drug-likeness (QED) is 0.755. The van der Waals surface area contributed by atoms with Gasteiger partial charge >= 0.3 is 0 Å². The number of aliphatic hydroxyl groups is 1. The van der Waals surface area contributed by atoms with Gasteiger partial charge in [0.25, 0.3) is 0 Å². The van der Waals surface area contributed by atoms with Crippen molar-refractivity contribution >= 4 is 5.82 Å². The number of hydrogen-bond donors (Lipinski definition) is 2. The van der Waals surface area contributed by atoms with E-state index in [9.17, 15) is 0 Å². The predicted molar refractivity (Wildman–Crippen MR) is 61.3 cm³/mol. The van der Waals surface area contributed by atoms with E-state index in [1.54, 1.807) is 6.20 Å². The van der Waals surface area contributed by atoms with Crippen LogP contribution in [0.3, 0.4) is 0 Å². The van der Waals surface area contributed by atoms with Crippen molar-refractivity contribution in [2.75, 3.05) is 18.9 Å². The minimum Gasteiger partial charge on any atom is -0.395 e. The van der Waals surface area contributed by atoms with Crippen LogP contribution in [0.5, 0.6) is 0 Å². The van der Waals surface area contributed by atoms with E-state index in [4.69, 9.17) is 10.8 Å². The van der Waals surface area contributed by atoms with Crippen LogP contribution in [0.25, 0.3) is 0 Å². The maximum Gasteiger partial charge on any atom is 0.127 e. The van der Waals surface area contributed by atoms with E-state index < -0.39 is 0 Å². The van der Waals surface area contributed by atoms with E-state index in [0.29, 0.717) is 18.4 Å². The van der Waals surface area contributed by atoms with E-state index >= 15 is 0 Å². The molecule has 0 unspecified atom stereocenters. The lowest BCUT2D eigenvalue weighted by molar-refractivity contribution is 0.159. The number of rotatable bonds is 5. The van der Waals surface area contributed by atoms with Gasteiger partial charge in [0.15, 0.2) is 0 Å². The standard InChI is InChI=1S/C11H19N3O/c1-9(2)14(6-7-15)8-10-4-3-5-13-11(10)12/h3-5,9,15H,6-8H2,1-2H3,(H2,12,13). The first-order valence-electron chi connectivity index (χ1n) is 5.19. The van der Waals surface area contributed by atoms with Crippen LogP contribution in [0.4, 0.5) is 5.82 Å². The third kappa shape index (κ3) is 3.49. The lowest BCUT2D eigenvalue weighted by Gasteiger charge is -2.25. The van der Waals surface area contributed by atoms with Crippen LogP contribution in [-0.4, -0.2) is 34.2 Å². The normalized spacial score (nSPS) is 11.3. The molecule has 3 N–H and O–H groups in total. The van der Waals surface area contributed by atoms with Crippen molar-refractivity contribution in [3.05, 3.63) is 23.9 Å². The first kappa shape index (κ1) is 11.9. The highest BCUT2D eigenvalue weighted by atomic mass is 16.3. The van der Waals surface area contributed by atoms with E-state index in [0.717, 1.165) is 12.1 Å². The third-order valence-corrected chi connectivity index (χ3v) is 2.42. The highest BCUT2D eigenvalue weighted by Gasteiger charge is 2.10. The molecule has 0 bridgehead atoms. The number of nitrogen functional groups attached to an aromatic ring is 1. The maximum atomic E-state index is 8.94. The van der Waals surface area contributed by atoms with Crippen LogP contribution < -0.4 is 5.73 Å². The highest BCUT2D eigenvalue weighted by molar-refractivity contribution is 5.38. The second-order valence-electron chi connectivity index (χ2n) is 3.84. The highest BCUT2D eigenvalue weighted by Crippen LogP contribution is 2.12. The Morgan fingerprint density at radius 3 is 2.80 bits per heavy atom. The molecule has 0 radical (unpaired) electrons. The fourth-order valence-corrected chi connectivity index (χ4v) is 1.45. The SMILES string of the molecule is CC(C)N(CCO)Cc1cccnc1N. The summed E-state index contributed by atoms with van der Waals surface area (Å²) in [6.07, 6.45) is 1.69. The Morgan fingerprint density at radius 2 is 2.27 bits per heavy atom. The molecular weight excluding hydrogens is 190 g/mol. The van der Waals surface area contributed by atoms with Crippen LogP contribution in [0.1, 0.15) is 19.4 Å². The lowest BCUT2D eigenvalue weighted by atomic mass is 10.2. The Labute approximate surface area is 90.7 Å². The van der Waals surface area contributed by atoms with Crippen LogP contribution in [-0.2, 0) is 6.54 Å². The minimum absolute atomic E-state index is 0.165. The molecule has 0 spiro atoms. The molecule has 4 heteroatoms. The van der Waals surface area contributed by atoms with E-state index in [1.807, 2.05) is 12.1 Å². The van der Waals surface area contributed by atoms with Crippen molar-refractivity contribution in [2.45, 2.75) is 26.4 Å². The Kier molecular flexibility index (Phi) is 4.52. The van der Waals surface area contributed by atoms with Gasteiger partial charge in [0.1, 0.15) is 5.82 Å². The van der Waals surface area contributed by atoms with Crippen LogP contribution >= 0.6 is 0 Å². The van der Waals surface area contributed by atoms with Crippen LogP contribution in [0.2, 0.25) is 0 Å². The summed E-state index contributed by atoms with van der Waals surface area (Å²) in [5.41, 5.74) is 6.78. The van der Waals surface area contributed by atoms with Crippen LogP contribution in [0, 0.1) is 0 Å². The first-order chi connectivity index (χ1) is 7.15. The van der Waals surface area contributed by atoms with Gasteiger partial charge in [-0.05, 0) is 19.9 Å². The zero-order valence-electron chi connectivity index (χ0n) is 9.35. The van der Waals surface area contributed by atoms with Crippen molar-refractivity contribution in [1.29, 1.82) is 0 Å². The van der Waals surface area contributed by atoms with Gasteiger partial charge in [0.05, 0.1) is 6.61 Å². The summed E-state index contributed by atoms with van der Waals surface area (Å²) in [5.74, 6) is 0.570. The first-order valence-corrected chi connectivity index (χ1v) is 5.19. The van der Waals surface area contributed by atoms with Crippen molar-refractivity contribution in [3.63, 3.8) is 0 Å². The van der Waals surface area contributed by atoms with E-state index in [-0.39, 0.29) is 6.61 Å². The van der Waals surface area contributed by atoms with Crippen molar-refractivity contribution < 1.29 is 5.11 Å². The minimum atomic E-state index is 0.165. The molecule has 0 atom stereocenters. The lowest BCUT2D eigenvalue weighted by Crippen LogP contribution is -2.33. The Bertz CT molecular complexity index is 302. The van der Waals surface area contributed by atoms with Gasteiger partial charge in [-0.25, -0.2) is 4.98 Å². The summed E-state index contributed by atoms with van der Waals surface area (Å²) >= 11 is 0. The van der Waals surface area contributed by atoms with Crippen molar-refractivity contribution in [2.24, 2.45) is 0 Å². The van der Waals surface area contributed by atoms with Gasteiger partial charge in [-0.3, -0.25) is 4.90 Å². The average Bonchev–Trinajstić information content (AvgIpc) is 2.20. The number of hydrogen-bond acceptors (Lipinski definition) is 4. The second kappa shape index (κ2) is 5.68. The molecule has 1 heterocycles. The Hall–Kier alpha value is -1.13. The van der Waals surface area contributed by atoms with E-state index in [2.05, 4.69) is 23.7 Å². The molecule has 4 nitrogen and oxygen atoms in total. The molecule has 0 amide bonds. The smallest absolute Gasteiger partial charge is 0.127 e. The summed E-state index contributed by atoms with van der Waals surface area (Å²) in [7, 11) is 0. The number of nitrogens with zero attached hydrogens (tertiary/aromatic N) is 2. The van der Waals surface area contributed by atoms with Gasteiger partial charge in [0, 0.05) is 30.9 Å². The van der Waals surface area contributed by atoms with Gasteiger partial charge in [-0.1, -0.05) is 6.07 Å². The fraction of sp³-hybridized carbons (Fsp3) is 0.545. The number of anilines is 1. The predicted octanol–water partition coefficient (Wildman–Crippen LogP) is 0.867. The van der Waals surface area contributed by atoms with Gasteiger partial charge in [-0.15, -0.1) is 0 Å². The summed E-state index contributed by atoms with van der Waals surface area (Å²) in [5, 5.41) is 8.94. The zero-order valence-corrected chi connectivity index (χ0v) is 9.35. The van der Waals surface area contributed by atoms with Crippen molar-refractivity contribution in [3.8, 4) is 0 Å². The van der Waals surface area contributed by atoms with Gasteiger partial charge in [-0.2, -0.15) is 0 Å². The number of pyridine rings is 1. The average molecular weight is 209 g/mol. The van der Waals surface area contributed by atoms with Gasteiger partial charge in [0.2, 0.25) is 0 Å². The van der Waals surface area contributed by atoms with Crippen LogP contribution in [0.15, 0.2) is 18.3 Å². The molecule has 0 saturated heterocycles. The topological polar surface area (TPSA) is 62.4 Å². The zero-order chi connectivity index (χ0) is 11.3. The molecule has 0 saturated carbocycles. The Balaban J connectivity index is 2.69. The summed E-state index contributed by atoms with van der Waals surface area (Å²) in [6.45, 7) is 5.76. The molecule has 15 heavy (non-hydrogen) atoms. The molecule has 84 valence electrons. The number of aromatic nitrogens is 1. The molecule has 1 aromatic rings. The summed E-state index contributed by atoms with van der Waals surface area (Å²) in [4.78, 5) is 6.20. The molecule has 0 fully saturated rings. The summed E-state index contributed by atoms with van der Waals surface area (Å²) < 4.78 is 0. The molecule has 0 aliphatic heterocycles. The van der Waals surface area contributed by atoms with Crippen molar-refractivity contribution in [1.82, 2.24) is 9.88 Å². The number of aliphatic hydroxyl groups excluding tert-OH is 1. The molecule has 0 aliphatic rings. The van der Waals surface area contributed by atoms with Gasteiger partial charge < -0.3 is 10.8 Å². The molecule has 0 aromatic carbocycles. The molecule has 0 aliphatic carbocycles. The third-order valence-electron chi connectivity index (χ3n) is 2.42. The molecular formula is C11H19N3O. The molecule has 1 aromatic heterocycles. The maximum absolute atomic E-state index is 8.94. The monoisotopic (exact) mass is 209 g/mol. The second-order valence-corrected chi connectivity index (χ2v) is 3.84. The fourth-order valence-electron chi connectivity index (χ4n) is 1.45. The van der Waals surface area contributed by atoms with E-state index in [1.165, 1.54) is 0 Å². The molecule has 1 rings (SSSR count). The summed E-state index contributed by atoms with van der Waals surface area (Å²) in [6, 6.07) is 4.23.